The number of rotatable bonds is 5. The molecule has 1 atom stereocenters. The summed E-state index contributed by atoms with van der Waals surface area (Å²) in [6, 6.07) is 5.20. The van der Waals surface area contributed by atoms with Crippen LogP contribution in [0.4, 0.5) is 4.39 Å². The normalized spacial score (nSPS) is 12.6. The summed E-state index contributed by atoms with van der Waals surface area (Å²) in [5.41, 5.74) is 1.24. The third kappa shape index (κ3) is 3.38. The van der Waals surface area contributed by atoms with Crippen LogP contribution in [0, 0.1) is 12.7 Å². The topological polar surface area (TPSA) is 51.0 Å². The monoisotopic (exact) mass is 263 g/mol. The van der Waals surface area contributed by atoms with Gasteiger partial charge >= 0.3 is 0 Å². The highest BCUT2D eigenvalue weighted by molar-refractivity contribution is 5.54. The zero-order chi connectivity index (χ0) is 13.8. The third-order valence-electron chi connectivity index (χ3n) is 2.93. The van der Waals surface area contributed by atoms with Crippen molar-refractivity contribution in [1.29, 1.82) is 0 Å². The zero-order valence-corrected chi connectivity index (χ0v) is 11.4. The first-order chi connectivity index (χ1) is 9.10. The molecule has 4 nitrogen and oxygen atoms in total. The van der Waals surface area contributed by atoms with Crippen molar-refractivity contribution in [1.82, 2.24) is 15.5 Å². The number of aryl methyl sites for hydroxylation is 1. The number of hydrogen-bond acceptors (Lipinski definition) is 4. The van der Waals surface area contributed by atoms with Crippen molar-refractivity contribution >= 4 is 0 Å². The number of hydrogen-bond donors (Lipinski definition) is 1. The highest BCUT2D eigenvalue weighted by Gasteiger charge is 2.12. The van der Waals surface area contributed by atoms with Gasteiger partial charge in [-0.1, -0.05) is 24.2 Å². The van der Waals surface area contributed by atoms with Gasteiger partial charge in [-0.2, -0.15) is 4.98 Å². The molecule has 1 aromatic carbocycles. The molecule has 0 fully saturated rings. The lowest BCUT2D eigenvalue weighted by Crippen LogP contribution is -2.27. The van der Waals surface area contributed by atoms with Crippen LogP contribution >= 0.6 is 0 Å². The number of likely N-dealkylation sites (N-methyl/N-ethyl adjacent to an activating group) is 1. The molecule has 2 aromatic rings. The first kappa shape index (κ1) is 13.7. The average Bonchev–Trinajstić information content (AvgIpc) is 2.81. The molecule has 19 heavy (non-hydrogen) atoms. The summed E-state index contributed by atoms with van der Waals surface area (Å²) in [5.74, 6) is 0.729. The molecule has 1 unspecified atom stereocenters. The van der Waals surface area contributed by atoms with Gasteiger partial charge in [0.05, 0.1) is 0 Å². The molecule has 0 saturated heterocycles. The van der Waals surface area contributed by atoms with Crippen molar-refractivity contribution in [3.05, 3.63) is 35.5 Å². The molecule has 102 valence electrons. The van der Waals surface area contributed by atoms with E-state index in [0.717, 1.165) is 6.54 Å². The Morgan fingerprint density at radius 1 is 1.42 bits per heavy atom. The number of aromatic nitrogens is 2. The van der Waals surface area contributed by atoms with Gasteiger partial charge in [-0.15, -0.1) is 0 Å². The summed E-state index contributed by atoms with van der Waals surface area (Å²) in [4.78, 5) is 4.29. The first-order valence-corrected chi connectivity index (χ1v) is 6.42. The quantitative estimate of drug-likeness (QED) is 0.901. The average molecular weight is 263 g/mol. The summed E-state index contributed by atoms with van der Waals surface area (Å²) in [6.45, 7) is 6.72. The number of nitrogens with one attached hydrogen (secondary N) is 1. The predicted octanol–water partition coefficient (Wildman–Crippen LogP) is 2.72. The fourth-order valence-corrected chi connectivity index (χ4v) is 1.87. The second-order valence-corrected chi connectivity index (χ2v) is 4.64. The van der Waals surface area contributed by atoms with Crippen LogP contribution in [0.1, 0.15) is 25.3 Å². The maximum Gasteiger partial charge on any atom is 0.228 e. The summed E-state index contributed by atoms with van der Waals surface area (Å²) < 4.78 is 18.7. The largest absolute Gasteiger partial charge is 0.339 e. The van der Waals surface area contributed by atoms with Crippen LogP contribution in [0.2, 0.25) is 0 Å². The minimum atomic E-state index is -0.259. The van der Waals surface area contributed by atoms with E-state index in [1.807, 2.05) is 6.92 Å². The Labute approximate surface area is 112 Å². The smallest absolute Gasteiger partial charge is 0.228 e. The lowest BCUT2D eigenvalue weighted by Gasteiger charge is -2.07. The van der Waals surface area contributed by atoms with Crippen molar-refractivity contribution in [3.8, 4) is 11.4 Å². The van der Waals surface area contributed by atoms with Crippen LogP contribution in [-0.2, 0) is 6.42 Å². The van der Waals surface area contributed by atoms with Gasteiger partial charge in [0.1, 0.15) is 5.82 Å². The van der Waals surface area contributed by atoms with Crippen LogP contribution in [0.25, 0.3) is 11.4 Å². The number of benzene rings is 1. The van der Waals surface area contributed by atoms with Crippen molar-refractivity contribution in [3.63, 3.8) is 0 Å². The Morgan fingerprint density at radius 2 is 2.21 bits per heavy atom. The van der Waals surface area contributed by atoms with Gasteiger partial charge in [0.25, 0.3) is 0 Å². The molecular weight excluding hydrogens is 245 g/mol. The van der Waals surface area contributed by atoms with E-state index < -0.39 is 0 Å². The van der Waals surface area contributed by atoms with E-state index in [-0.39, 0.29) is 11.9 Å². The second kappa shape index (κ2) is 5.93. The Morgan fingerprint density at radius 3 is 2.89 bits per heavy atom. The van der Waals surface area contributed by atoms with E-state index in [9.17, 15) is 4.39 Å². The Kier molecular flexibility index (Phi) is 4.27. The summed E-state index contributed by atoms with van der Waals surface area (Å²) >= 11 is 0. The van der Waals surface area contributed by atoms with E-state index in [2.05, 4.69) is 22.4 Å². The molecule has 2 rings (SSSR count). The van der Waals surface area contributed by atoms with Gasteiger partial charge in [-0.25, -0.2) is 4.39 Å². The second-order valence-electron chi connectivity index (χ2n) is 4.64. The SMILES string of the molecule is CCNC(C)Cc1nc(-c2ccc(C)c(F)c2)no1. The predicted molar refractivity (Wildman–Crippen MR) is 71.3 cm³/mol. The van der Waals surface area contributed by atoms with Gasteiger partial charge in [0, 0.05) is 18.0 Å². The van der Waals surface area contributed by atoms with Gasteiger partial charge in [0.2, 0.25) is 11.7 Å². The lowest BCUT2D eigenvalue weighted by atomic mass is 10.1. The van der Waals surface area contributed by atoms with Gasteiger partial charge in [-0.3, -0.25) is 0 Å². The molecule has 0 radical (unpaired) electrons. The molecule has 0 spiro atoms. The Bertz CT molecular complexity index is 553. The Balaban J connectivity index is 2.14. The number of nitrogens with zero attached hydrogens (tertiary/aromatic N) is 2. The van der Waals surface area contributed by atoms with E-state index >= 15 is 0 Å². The molecule has 1 N–H and O–H groups in total. The van der Waals surface area contributed by atoms with Crippen molar-refractivity contribution in [2.24, 2.45) is 0 Å². The van der Waals surface area contributed by atoms with Crippen molar-refractivity contribution in [2.75, 3.05) is 6.54 Å². The summed E-state index contributed by atoms with van der Waals surface area (Å²) in [5, 5.41) is 7.16. The Hall–Kier alpha value is -1.75. The highest BCUT2D eigenvalue weighted by Crippen LogP contribution is 2.19. The molecule has 1 heterocycles. The van der Waals surface area contributed by atoms with Crippen LogP contribution < -0.4 is 5.32 Å². The summed E-state index contributed by atoms with van der Waals surface area (Å²) in [7, 11) is 0. The van der Waals surface area contributed by atoms with Crippen molar-refractivity contribution < 1.29 is 8.91 Å². The zero-order valence-electron chi connectivity index (χ0n) is 11.4. The maximum absolute atomic E-state index is 13.5. The molecule has 0 saturated carbocycles. The van der Waals surface area contributed by atoms with E-state index in [0.29, 0.717) is 29.3 Å². The van der Waals surface area contributed by atoms with E-state index in [1.54, 1.807) is 19.1 Å². The molecule has 5 heteroatoms. The van der Waals surface area contributed by atoms with E-state index in [4.69, 9.17) is 4.52 Å². The molecular formula is C14H18FN3O. The summed E-state index contributed by atoms with van der Waals surface area (Å²) in [6.07, 6.45) is 0.662. The molecule has 1 aromatic heterocycles. The minimum Gasteiger partial charge on any atom is -0.339 e. The minimum absolute atomic E-state index is 0.259. The standard InChI is InChI=1S/C14H18FN3O/c1-4-16-10(3)7-13-17-14(18-19-13)11-6-5-9(2)12(15)8-11/h5-6,8,10,16H,4,7H2,1-3H3. The molecule has 0 amide bonds. The third-order valence-corrected chi connectivity index (χ3v) is 2.93. The van der Waals surface area contributed by atoms with Crippen LogP contribution in [0.5, 0.6) is 0 Å². The molecule has 0 aliphatic rings. The van der Waals surface area contributed by atoms with Gasteiger partial charge in [-0.05, 0) is 32.0 Å². The van der Waals surface area contributed by atoms with Crippen LogP contribution in [-0.4, -0.2) is 22.7 Å². The molecule has 0 aliphatic heterocycles. The van der Waals surface area contributed by atoms with Gasteiger partial charge in [0.15, 0.2) is 0 Å². The van der Waals surface area contributed by atoms with Gasteiger partial charge < -0.3 is 9.84 Å². The van der Waals surface area contributed by atoms with Crippen LogP contribution in [0.15, 0.2) is 22.7 Å². The maximum atomic E-state index is 13.5. The first-order valence-electron chi connectivity index (χ1n) is 6.42. The fraction of sp³-hybridized carbons (Fsp3) is 0.429. The number of halogens is 1. The highest BCUT2D eigenvalue weighted by atomic mass is 19.1. The molecule has 0 aliphatic carbocycles. The lowest BCUT2D eigenvalue weighted by molar-refractivity contribution is 0.363. The van der Waals surface area contributed by atoms with Crippen LogP contribution in [0.3, 0.4) is 0 Å². The fourth-order valence-electron chi connectivity index (χ4n) is 1.87. The molecule has 0 bridgehead atoms. The van der Waals surface area contributed by atoms with E-state index in [1.165, 1.54) is 6.07 Å². The van der Waals surface area contributed by atoms with Crippen molar-refractivity contribution in [2.45, 2.75) is 33.2 Å².